The number of hydrogen-bond acceptors (Lipinski definition) is 4. The Morgan fingerprint density at radius 2 is 1.62 bits per heavy atom. The molecule has 0 heterocycles. The molecule has 0 bridgehead atoms. The van der Waals surface area contributed by atoms with Gasteiger partial charge in [-0.25, -0.2) is 8.42 Å². The summed E-state index contributed by atoms with van der Waals surface area (Å²) in [7, 11) is -3.58. The first-order valence-electron chi connectivity index (χ1n) is 13.9. The van der Waals surface area contributed by atoms with Crippen molar-refractivity contribution in [2.75, 3.05) is 23.7 Å². The average molecular weight is 633 g/mol. The molecule has 0 unspecified atom stereocenters. The maximum absolute atomic E-state index is 13.9. The van der Waals surface area contributed by atoms with Crippen LogP contribution in [0.25, 0.3) is 0 Å². The van der Waals surface area contributed by atoms with Gasteiger partial charge in [-0.15, -0.1) is 0 Å². The van der Waals surface area contributed by atoms with Gasteiger partial charge in [0, 0.05) is 42.5 Å². The fourth-order valence-electron chi connectivity index (χ4n) is 4.52. The molecule has 0 aliphatic heterocycles. The lowest BCUT2D eigenvalue weighted by molar-refractivity contribution is -0.141. The highest BCUT2D eigenvalue weighted by atomic mass is 35.5. The molecule has 0 saturated carbocycles. The summed E-state index contributed by atoms with van der Waals surface area (Å²) in [6.07, 6.45) is 1.75. The SMILES string of the molecule is Cc1ccc(N(CCCC(=O)N(Cc2ccc(Cl)cc2Cl)[C@@H](Cc2ccccc2)C(=O)NCC(C)C)S(C)(=O)=O)cc1. The van der Waals surface area contributed by atoms with Crippen molar-refractivity contribution in [3.8, 4) is 0 Å². The number of hydrogen-bond donors (Lipinski definition) is 1. The summed E-state index contributed by atoms with van der Waals surface area (Å²) >= 11 is 12.6. The summed E-state index contributed by atoms with van der Waals surface area (Å²) in [5, 5.41) is 3.85. The molecule has 3 rings (SSSR count). The highest BCUT2D eigenvalue weighted by Crippen LogP contribution is 2.25. The van der Waals surface area contributed by atoms with E-state index >= 15 is 0 Å². The fraction of sp³-hybridized carbons (Fsp3) is 0.375. The van der Waals surface area contributed by atoms with Crippen molar-refractivity contribution in [3.05, 3.63) is 99.5 Å². The molecule has 3 aromatic rings. The van der Waals surface area contributed by atoms with E-state index in [1.807, 2.05) is 63.2 Å². The predicted molar refractivity (Wildman–Crippen MR) is 171 cm³/mol. The van der Waals surface area contributed by atoms with E-state index in [1.54, 1.807) is 35.2 Å². The molecule has 0 saturated heterocycles. The summed E-state index contributed by atoms with van der Waals surface area (Å²) in [5.74, 6) is -0.313. The normalized spacial score (nSPS) is 12.2. The summed E-state index contributed by atoms with van der Waals surface area (Å²) in [5.41, 5.74) is 3.11. The third-order valence-corrected chi connectivity index (χ3v) is 8.57. The van der Waals surface area contributed by atoms with Gasteiger partial charge in [0.05, 0.1) is 11.9 Å². The predicted octanol–water partition coefficient (Wildman–Crippen LogP) is 6.26. The Morgan fingerprint density at radius 1 is 0.952 bits per heavy atom. The second-order valence-electron chi connectivity index (χ2n) is 10.9. The molecule has 226 valence electrons. The van der Waals surface area contributed by atoms with Gasteiger partial charge in [0.25, 0.3) is 0 Å². The molecule has 10 heteroatoms. The monoisotopic (exact) mass is 631 g/mol. The minimum atomic E-state index is -3.58. The number of rotatable bonds is 14. The zero-order valence-electron chi connectivity index (χ0n) is 24.5. The highest BCUT2D eigenvalue weighted by Gasteiger charge is 2.31. The molecular weight excluding hydrogens is 593 g/mol. The van der Waals surface area contributed by atoms with Crippen molar-refractivity contribution in [2.24, 2.45) is 5.92 Å². The number of amides is 2. The standard InChI is InChI=1S/C32H39Cl2N3O4S/c1-23(2)21-35-32(39)30(19-25-9-6-5-7-10-25)36(22-26-14-15-27(33)20-29(26)34)31(38)11-8-18-37(42(4,40)41)28-16-12-24(3)13-17-28/h5-7,9-10,12-17,20,23,30H,8,11,18-19,21-22H2,1-4H3,(H,35,39)/t30-/m0/s1. The van der Waals surface area contributed by atoms with Crippen LogP contribution in [0.2, 0.25) is 10.0 Å². The van der Waals surface area contributed by atoms with Crippen LogP contribution in [-0.2, 0) is 32.6 Å². The smallest absolute Gasteiger partial charge is 0.243 e. The molecule has 2 amide bonds. The number of carbonyl (C=O) groups is 2. The Balaban J connectivity index is 1.90. The van der Waals surface area contributed by atoms with Gasteiger partial charge < -0.3 is 10.2 Å². The van der Waals surface area contributed by atoms with Gasteiger partial charge in [-0.3, -0.25) is 13.9 Å². The number of benzene rings is 3. The second kappa shape index (κ2) is 15.4. The first-order chi connectivity index (χ1) is 19.8. The second-order valence-corrected chi connectivity index (χ2v) is 13.6. The summed E-state index contributed by atoms with van der Waals surface area (Å²) < 4.78 is 26.5. The number of nitrogens with one attached hydrogen (secondary N) is 1. The Hall–Kier alpha value is -3.07. The van der Waals surface area contributed by atoms with Crippen LogP contribution in [0.4, 0.5) is 5.69 Å². The number of sulfonamides is 1. The van der Waals surface area contributed by atoms with E-state index in [1.165, 1.54) is 4.31 Å². The van der Waals surface area contributed by atoms with Crippen molar-refractivity contribution in [1.29, 1.82) is 0 Å². The van der Waals surface area contributed by atoms with Gasteiger partial charge in [-0.2, -0.15) is 0 Å². The van der Waals surface area contributed by atoms with E-state index in [9.17, 15) is 18.0 Å². The lowest BCUT2D eigenvalue weighted by atomic mass is 10.0. The largest absolute Gasteiger partial charge is 0.354 e. The summed E-state index contributed by atoms with van der Waals surface area (Å²) in [4.78, 5) is 29.1. The number of aryl methyl sites for hydroxylation is 1. The quantitative estimate of drug-likeness (QED) is 0.227. The molecule has 1 atom stereocenters. The maximum Gasteiger partial charge on any atom is 0.243 e. The lowest BCUT2D eigenvalue weighted by Gasteiger charge is -2.32. The molecule has 0 fully saturated rings. The Morgan fingerprint density at radius 3 is 2.21 bits per heavy atom. The topological polar surface area (TPSA) is 86.8 Å². The van der Waals surface area contributed by atoms with Crippen LogP contribution in [0.15, 0.2) is 72.8 Å². The Kier molecular flexibility index (Phi) is 12.3. The molecule has 42 heavy (non-hydrogen) atoms. The average Bonchev–Trinajstić information content (AvgIpc) is 2.93. The van der Waals surface area contributed by atoms with Crippen LogP contribution in [-0.4, -0.2) is 50.5 Å². The number of anilines is 1. The Bertz CT molecular complexity index is 1450. The van der Waals surface area contributed by atoms with E-state index in [0.717, 1.165) is 17.4 Å². The number of nitrogens with zero attached hydrogens (tertiary/aromatic N) is 2. The van der Waals surface area contributed by atoms with Crippen LogP contribution < -0.4 is 9.62 Å². The fourth-order valence-corrected chi connectivity index (χ4v) is 5.96. The molecule has 0 aliphatic rings. The van der Waals surface area contributed by atoms with Gasteiger partial charge in [-0.1, -0.05) is 91.1 Å². The lowest BCUT2D eigenvalue weighted by Crippen LogP contribution is -2.51. The summed E-state index contributed by atoms with van der Waals surface area (Å²) in [6.45, 7) is 6.61. The third-order valence-electron chi connectivity index (χ3n) is 6.79. The highest BCUT2D eigenvalue weighted by molar-refractivity contribution is 7.92. The number of carbonyl (C=O) groups excluding carboxylic acids is 2. The van der Waals surface area contributed by atoms with Crippen LogP contribution in [0.1, 0.15) is 43.4 Å². The minimum absolute atomic E-state index is 0.0336. The van der Waals surface area contributed by atoms with Crippen molar-refractivity contribution in [1.82, 2.24) is 10.2 Å². The number of halogens is 2. The van der Waals surface area contributed by atoms with Crippen molar-refractivity contribution in [3.63, 3.8) is 0 Å². The molecule has 1 N–H and O–H groups in total. The molecule has 7 nitrogen and oxygen atoms in total. The van der Waals surface area contributed by atoms with E-state index < -0.39 is 16.1 Å². The molecule has 0 aromatic heterocycles. The summed E-state index contributed by atoms with van der Waals surface area (Å²) in [6, 6.07) is 21.0. The van der Waals surface area contributed by atoms with Gasteiger partial charge >= 0.3 is 0 Å². The van der Waals surface area contributed by atoms with Gasteiger partial charge in [0.2, 0.25) is 21.8 Å². The van der Waals surface area contributed by atoms with Crippen molar-refractivity contribution in [2.45, 2.75) is 52.6 Å². The van der Waals surface area contributed by atoms with Crippen LogP contribution in [0.5, 0.6) is 0 Å². The first-order valence-corrected chi connectivity index (χ1v) is 16.5. The van der Waals surface area contributed by atoms with E-state index in [2.05, 4.69) is 5.32 Å². The molecule has 0 spiro atoms. The Labute approximate surface area is 259 Å². The van der Waals surface area contributed by atoms with Gasteiger partial charge in [0.1, 0.15) is 6.04 Å². The van der Waals surface area contributed by atoms with Crippen LogP contribution >= 0.6 is 23.2 Å². The van der Waals surface area contributed by atoms with Crippen molar-refractivity contribution < 1.29 is 18.0 Å². The molecule has 3 aromatic carbocycles. The van der Waals surface area contributed by atoms with Gasteiger partial charge in [0.15, 0.2) is 0 Å². The van der Waals surface area contributed by atoms with Crippen LogP contribution in [0, 0.1) is 12.8 Å². The minimum Gasteiger partial charge on any atom is -0.354 e. The zero-order chi connectivity index (χ0) is 30.9. The first kappa shape index (κ1) is 33.4. The molecule has 0 aliphatic carbocycles. The van der Waals surface area contributed by atoms with Gasteiger partial charge in [-0.05, 0) is 54.7 Å². The van der Waals surface area contributed by atoms with Crippen molar-refractivity contribution >= 4 is 50.7 Å². The van der Waals surface area contributed by atoms with Crippen LogP contribution in [0.3, 0.4) is 0 Å². The van der Waals surface area contributed by atoms with E-state index in [0.29, 0.717) is 34.3 Å². The maximum atomic E-state index is 13.9. The molecule has 0 radical (unpaired) electrons. The zero-order valence-corrected chi connectivity index (χ0v) is 26.8. The third kappa shape index (κ3) is 10.0. The van der Waals surface area contributed by atoms with E-state index in [-0.39, 0.29) is 43.7 Å². The molecular formula is C32H39Cl2N3O4S. The van der Waals surface area contributed by atoms with E-state index in [4.69, 9.17) is 23.2 Å².